The molecule has 0 bridgehead atoms. The second-order valence-electron chi connectivity index (χ2n) is 4.28. The van der Waals surface area contributed by atoms with Crippen molar-refractivity contribution in [1.29, 1.82) is 0 Å². The number of furan rings is 1. The highest BCUT2D eigenvalue weighted by atomic mass is 16.5. The van der Waals surface area contributed by atoms with Crippen LogP contribution in [0.3, 0.4) is 0 Å². The molecule has 2 aromatic rings. The molecule has 1 heterocycles. The van der Waals surface area contributed by atoms with Gasteiger partial charge < -0.3 is 14.5 Å². The van der Waals surface area contributed by atoms with Gasteiger partial charge in [0, 0.05) is 5.39 Å². The second-order valence-corrected chi connectivity index (χ2v) is 4.28. The standard InChI is InChI=1S/C14H19NO2/c1-4-5-15-9-12-8-11-6-10(2)7-13(16-3)14(11)17-12/h6-8,15H,4-5,9H2,1-3H3. The third kappa shape index (κ3) is 2.61. The molecule has 3 nitrogen and oxygen atoms in total. The van der Waals surface area contributed by atoms with Gasteiger partial charge in [0.15, 0.2) is 11.3 Å². The highest BCUT2D eigenvalue weighted by molar-refractivity contribution is 5.84. The minimum Gasteiger partial charge on any atom is -0.493 e. The largest absolute Gasteiger partial charge is 0.493 e. The minimum absolute atomic E-state index is 0.769. The number of hydrogen-bond acceptors (Lipinski definition) is 3. The lowest BCUT2D eigenvalue weighted by molar-refractivity contribution is 0.406. The predicted octanol–water partition coefficient (Wildman–Crippen LogP) is 3.25. The molecule has 1 aromatic heterocycles. The summed E-state index contributed by atoms with van der Waals surface area (Å²) in [5, 5.41) is 4.44. The number of benzene rings is 1. The molecule has 0 unspecified atom stereocenters. The molecule has 17 heavy (non-hydrogen) atoms. The number of nitrogens with one attached hydrogen (secondary N) is 1. The van der Waals surface area contributed by atoms with Crippen molar-refractivity contribution in [2.45, 2.75) is 26.8 Å². The molecule has 1 N–H and O–H groups in total. The number of hydrogen-bond donors (Lipinski definition) is 1. The lowest BCUT2D eigenvalue weighted by Crippen LogP contribution is -2.12. The van der Waals surface area contributed by atoms with Gasteiger partial charge in [-0.05, 0) is 43.7 Å². The molecule has 92 valence electrons. The molecule has 0 aliphatic carbocycles. The summed E-state index contributed by atoms with van der Waals surface area (Å²) in [6.07, 6.45) is 1.13. The van der Waals surface area contributed by atoms with Gasteiger partial charge in [-0.1, -0.05) is 6.92 Å². The van der Waals surface area contributed by atoms with Gasteiger partial charge in [0.2, 0.25) is 0 Å². The van der Waals surface area contributed by atoms with Gasteiger partial charge in [0.05, 0.1) is 13.7 Å². The van der Waals surface area contributed by atoms with Crippen molar-refractivity contribution in [2.75, 3.05) is 13.7 Å². The van der Waals surface area contributed by atoms with Crippen LogP contribution in [0.1, 0.15) is 24.7 Å². The summed E-state index contributed by atoms with van der Waals surface area (Å²) >= 11 is 0. The zero-order valence-corrected chi connectivity index (χ0v) is 10.7. The number of fused-ring (bicyclic) bond motifs is 1. The van der Waals surface area contributed by atoms with Crippen molar-refractivity contribution >= 4 is 11.0 Å². The Morgan fingerprint density at radius 1 is 1.29 bits per heavy atom. The third-order valence-electron chi connectivity index (χ3n) is 2.72. The number of ether oxygens (including phenoxy) is 1. The van der Waals surface area contributed by atoms with Crippen LogP contribution in [0, 0.1) is 6.92 Å². The van der Waals surface area contributed by atoms with Crippen LogP contribution in [0.4, 0.5) is 0 Å². The molecule has 0 amide bonds. The highest BCUT2D eigenvalue weighted by Gasteiger charge is 2.09. The summed E-state index contributed by atoms with van der Waals surface area (Å²) in [5.41, 5.74) is 2.02. The van der Waals surface area contributed by atoms with E-state index in [0.29, 0.717) is 0 Å². The Morgan fingerprint density at radius 2 is 2.12 bits per heavy atom. The van der Waals surface area contributed by atoms with Crippen molar-refractivity contribution in [3.63, 3.8) is 0 Å². The third-order valence-corrected chi connectivity index (χ3v) is 2.72. The molecule has 0 spiro atoms. The lowest BCUT2D eigenvalue weighted by Gasteiger charge is -2.01. The smallest absolute Gasteiger partial charge is 0.176 e. The SMILES string of the molecule is CCCNCc1cc2cc(C)cc(OC)c2o1. The summed E-state index contributed by atoms with van der Waals surface area (Å²) in [6, 6.07) is 6.19. The fourth-order valence-electron chi connectivity index (χ4n) is 1.94. The molecule has 2 rings (SSSR count). The first-order valence-corrected chi connectivity index (χ1v) is 6.02. The normalized spacial score (nSPS) is 11.0. The van der Waals surface area contributed by atoms with Crippen LogP contribution >= 0.6 is 0 Å². The molecule has 0 aliphatic heterocycles. The molecule has 1 aromatic carbocycles. The molecule has 0 radical (unpaired) electrons. The van der Waals surface area contributed by atoms with E-state index in [9.17, 15) is 0 Å². The lowest BCUT2D eigenvalue weighted by atomic mass is 10.1. The average Bonchev–Trinajstić information content (AvgIpc) is 2.71. The quantitative estimate of drug-likeness (QED) is 0.805. The van der Waals surface area contributed by atoms with Gasteiger partial charge >= 0.3 is 0 Å². The Bertz CT molecular complexity index is 502. The Labute approximate surface area is 102 Å². The monoisotopic (exact) mass is 233 g/mol. The van der Waals surface area contributed by atoms with Crippen LogP contribution in [0.25, 0.3) is 11.0 Å². The van der Waals surface area contributed by atoms with Crippen LogP contribution in [0.5, 0.6) is 5.75 Å². The van der Waals surface area contributed by atoms with E-state index in [1.54, 1.807) is 7.11 Å². The fourth-order valence-corrected chi connectivity index (χ4v) is 1.94. The van der Waals surface area contributed by atoms with Gasteiger partial charge in [0.25, 0.3) is 0 Å². The van der Waals surface area contributed by atoms with E-state index < -0.39 is 0 Å². The topological polar surface area (TPSA) is 34.4 Å². The van der Waals surface area contributed by atoms with Gasteiger partial charge in [-0.25, -0.2) is 0 Å². The zero-order valence-electron chi connectivity index (χ0n) is 10.7. The minimum atomic E-state index is 0.769. The first-order valence-electron chi connectivity index (χ1n) is 6.02. The molecule has 0 aliphatic rings. The van der Waals surface area contributed by atoms with Crippen LogP contribution < -0.4 is 10.1 Å². The van der Waals surface area contributed by atoms with E-state index in [2.05, 4.69) is 31.3 Å². The number of aryl methyl sites for hydroxylation is 1. The van der Waals surface area contributed by atoms with Gasteiger partial charge in [-0.2, -0.15) is 0 Å². The molecule has 0 fully saturated rings. The Hall–Kier alpha value is -1.48. The highest BCUT2D eigenvalue weighted by Crippen LogP contribution is 2.30. The fraction of sp³-hybridized carbons (Fsp3) is 0.429. The van der Waals surface area contributed by atoms with E-state index in [1.807, 2.05) is 6.07 Å². The van der Waals surface area contributed by atoms with E-state index >= 15 is 0 Å². The Balaban J connectivity index is 2.29. The maximum atomic E-state index is 5.80. The van der Waals surface area contributed by atoms with E-state index in [-0.39, 0.29) is 0 Å². The van der Waals surface area contributed by atoms with Crippen LogP contribution in [0.15, 0.2) is 22.6 Å². The number of rotatable bonds is 5. The molecule has 3 heteroatoms. The Morgan fingerprint density at radius 3 is 2.82 bits per heavy atom. The van der Waals surface area contributed by atoms with Crippen molar-refractivity contribution in [3.05, 3.63) is 29.5 Å². The van der Waals surface area contributed by atoms with Crippen molar-refractivity contribution in [2.24, 2.45) is 0 Å². The van der Waals surface area contributed by atoms with E-state index in [1.165, 1.54) is 5.56 Å². The van der Waals surface area contributed by atoms with Crippen LogP contribution in [-0.2, 0) is 6.54 Å². The van der Waals surface area contributed by atoms with Crippen molar-refractivity contribution in [3.8, 4) is 5.75 Å². The molecular weight excluding hydrogens is 214 g/mol. The summed E-state index contributed by atoms with van der Waals surface area (Å²) in [4.78, 5) is 0. The van der Waals surface area contributed by atoms with Crippen molar-refractivity contribution < 1.29 is 9.15 Å². The first kappa shape index (κ1) is 12.0. The van der Waals surface area contributed by atoms with E-state index in [0.717, 1.165) is 42.0 Å². The van der Waals surface area contributed by atoms with Gasteiger partial charge in [-0.15, -0.1) is 0 Å². The Kier molecular flexibility index (Phi) is 3.69. The maximum Gasteiger partial charge on any atom is 0.176 e. The van der Waals surface area contributed by atoms with Crippen LogP contribution in [-0.4, -0.2) is 13.7 Å². The molecular formula is C14H19NO2. The average molecular weight is 233 g/mol. The summed E-state index contributed by atoms with van der Waals surface area (Å²) in [7, 11) is 1.67. The first-order chi connectivity index (χ1) is 8.24. The summed E-state index contributed by atoms with van der Waals surface area (Å²) < 4.78 is 11.1. The molecule has 0 saturated heterocycles. The second kappa shape index (κ2) is 5.23. The summed E-state index contributed by atoms with van der Waals surface area (Å²) in [6.45, 7) is 5.99. The summed E-state index contributed by atoms with van der Waals surface area (Å²) in [5.74, 6) is 1.76. The van der Waals surface area contributed by atoms with Gasteiger partial charge in [-0.3, -0.25) is 0 Å². The predicted molar refractivity (Wildman–Crippen MR) is 69.5 cm³/mol. The van der Waals surface area contributed by atoms with Crippen molar-refractivity contribution in [1.82, 2.24) is 5.32 Å². The number of methoxy groups -OCH3 is 1. The van der Waals surface area contributed by atoms with Gasteiger partial charge in [0.1, 0.15) is 5.76 Å². The molecule has 0 atom stereocenters. The zero-order chi connectivity index (χ0) is 12.3. The molecule has 0 saturated carbocycles. The maximum absolute atomic E-state index is 5.80. The van der Waals surface area contributed by atoms with Crippen LogP contribution in [0.2, 0.25) is 0 Å². The van der Waals surface area contributed by atoms with E-state index in [4.69, 9.17) is 9.15 Å².